The largest absolute Gasteiger partial charge is 0.519 e. The molecule has 0 aromatic carbocycles. The van der Waals surface area contributed by atoms with Gasteiger partial charge in [0.2, 0.25) is 0 Å². The fourth-order valence-electron chi connectivity index (χ4n) is 3.09. The second-order valence-electron chi connectivity index (χ2n) is 13.5. The smallest absolute Gasteiger partial charge is 0.296 e. The molecule has 0 radical (unpaired) electrons. The van der Waals surface area contributed by atoms with Gasteiger partial charge in [-0.2, -0.15) is 0 Å². The molecule has 0 saturated carbocycles. The minimum Gasteiger partial charge on any atom is -0.519 e. The quantitative estimate of drug-likeness (QED) is 0.158. The SMILES string of the molecule is CC(C)C=C[C@@H](CCCO[Si](C)(C)C(C)(C)C)[C@@H](CC(C)C)C(=O)O[Si](C)(C)C(C)(C)C. The first-order chi connectivity index (χ1) is 14.2. The van der Waals surface area contributed by atoms with Crippen molar-refractivity contribution in [1.82, 2.24) is 0 Å². The van der Waals surface area contributed by atoms with Gasteiger partial charge < -0.3 is 8.85 Å². The molecule has 0 N–H and O–H groups in total. The summed E-state index contributed by atoms with van der Waals surface area (Å²) in [4.78, 5) is 13.5. The molecule has 0 amide bonds. The zero-order chi connectivity index (χ0) is 25.5. The Balaban J connectivity index is 5.56. The van der Waals surface area contributed by atoms with Crippen LogP contribution in [-0.2, 0) is 13.6 Å². The Hall–Kier alpha value is -0.396. The molecule has 0 aliphatic heterocycles. The van der Waals surface area contributed by atoms with Crippen molar-refractivity contribution in [2.75, 3.05) is 6.61 Å². The first-order valence-corrected chi connectivity index (χ1v) is 18.6. The fourth-order valence-corrected chi connectivity index (χ4v) is 5.14. The molecule has 0 saturated heterocycles. The first-order valence-electron chi connectivity index (χ1n) is 12.8. The number of hydrogen-bond donors (Lipinski definition) is 0. The zero-order valence-electron chi connectivity index (χ0n) is 24.0. The van der Waals surface area contributed by atoms with Gasteiger partial charge in [0, 0.05) is 6.61 Å². The van der Waals surface area contributed by atoms with Crippen LogP contribution in [0.3, 0.4) is 0 Å². The van der Waals surface area contributed by atoms with Crippen molar-refractivity contribution in [3.63, 3.8) is 0 Å². The van der Waals surface area contributed by atoms with Crippen LogP contribution in [0.1, 0.15) is 88.5 Å². The summed E-state index contributed by atoms with van der Waals surface area (Å²) < 4.78 is 12.7. The maximum atomic E-state index is 13.5. The average molecular weight is 485 g/mol. The Morgan fingerprint density at radius 1 is 0.844 bits per heavy atom. The summed E-state index contributed by atoms with van der Waals surface area (Å²) in [6.07, 6.45) is 7.34. The summed E-state index contributed by atoms with van der Waals surface area (Å²) in [5.74, 6) is 1.03. The highest BCUT2D eigenvalue weighted by atomic mass is 28.4. The van der Waals surface area contributed by atoms with Crippen molar-refractivity contribution in [3.05, 3.63) is 12.2 Å². The summed E-state index contributed by atoms with van der Waals surface area (Å²) in [7, 11) is -3.89. The zero-order valence-corrected chi connectivity index (χ0v) is 26.0. The molecule has 5 heteroatoms. The summed E-state index contributed by atoms with van der Waals surface area (Å²) in [6, 6.07) is 0. The van der Waals surface area contributed by atoms with Gasteiger partial charge in [-0.15, -0.1) is 0 Å². The highest BCUT2D eigenvalue weighted by Gasteiger charge is 2.42. The van der Waals surface area contributed by atoms with Gasteiger partial charge in [-0.1, -0.05) is 81.4 Å². The number of hydrogen-bond acceptors (Lipinski definition) is 3. The Morgan fingerprint density at radius 3 is 1.75 bits per heavy atom. The molecule has 0 rings (SSSR count). The molecule has 0 aromatic heterocycles. The summed E-state index contributed by atoms with van der Waals surface area (Å²) >= 11 is 0. The van der Waals surface area contributed by atoms with Crippen molar-refractivity contribution in [2.45, 2.75) is 125 Å². The Bertz CT molecular complexity index is 593. The summed E-state index contributed by atoms with van der Waals surface area (Å²) in [5, 5.41) is 0.239. The summed E-state index contributed by atoms with van der Waals surface area (Å²) in [6.45, 7) is 31.9. The lowest BCUT2D eigenvalue weighted by molar-refractivity contribution is -0.142. The molecule has 32 heavy (non-hydrogen) atoms. The number of carbonyl (C=O) groups excluding carboxylic acids is 1. The molecular formula is C27H56O3Si2. The Kier molecular flexibility index (Phi) is 12.2. The van der Waals surface area contributed by atoms with Crippen LogP contribution in [0.25, 0.3) is 0 Å². The van der Waals surface area contributed by atoms with E-state index in [4.69, 9.17) is 8.85 Å². The maximum Gasteiger partial charge on any atom is 0.296 e. The maximum absolute atomic E-state index is 13.5. The third kappa shape index (κ3) is 10.7. The van der Waals surface area contributed by atoms with E-state index >= 15 is 0 Å². The lowest BCUT2D eigenvalue weighted by atomic mass is 9.82. The standard InChI is InChI=1S/C27H56O3Si2/c1-21(2)17-18-23(16-15-19-29-31(11,12)26(5,6)7)24(20-22(3)4)25(28)30-32(13,14)27(8,9)10/h17-18,21-24H,15-16,19-20H2,1-14H3/t23-,24-/m1/s1. The van der Waals surface area contributed by atoms with Gasteiger partial charge in [0.1, 0.15) is 0 Å². The summed E-state index contributed by atoms with van der Waals surface area (Å²) in [5.41, 5.74) is 0. The van der Waals surface area contributed by atoms with Gasteiger partial charge in [-0.05, 0) is 73.3 Å². The molecule has 0 heterocycles. The predicted molar refractivity (Wildman–Crippen MR) is 146 cm³/mol. The van der Waals surface area contributed by atoms with Crippen molar-refractivity contribution in [2.24, 2.45) is 23.7 Å². The second-order valence-corrected chi connectivity index (χ2v) is 23.0. The predicted octanol–water partition coefficient (Wildman–Crippen LogP) is 8.83. The molecule has 0 fully saturated rings. The van der Waals surface area contributed by atoms with Gasteiger partial charge in [0.05, 0.1) is 5.92 Å². The lowest BCUT2D eigenvalue weighted by Gasteiger charge is -2.38. The molecule has 0 unspecified atom stereocenters. The molecule has 2 atom stereocenters. The van der Waals surface area contributed by atoms with Crippen molar-refractivity contribution >= 4 is 22.6 Å². The van der Waals surface area contributed by atoms with E-state index in [-0.39, 0.29) is 27.9 Å². The molecule has 0 spiro atoms. The van der Waals surface area contributed by atoms with Crippen LogP contribution in [0, 0.1) is 23.7 Å². The van der Waals surface area contributed by atoms with E-state index in [1.165, 1.54) is 0 Å². The highest BCUT2D eigenvalue weighted by Crippen LogP contribution is 2.39. The fraction of sp³-hybridized carbons (Fsp3) is 0.889. The third-order valence-electron chi connectivity index (χ3n) is 7.40. The molecule has 0 aromatic rings. The van der Waals surface area contributed by atoms with Gasteiger partial charge in [0.15, 0.2) is 8.32 Å². The Morgan fingerprint density at radius 2 is 1.34 bits per heavy atom. The van der Waals surface area contributed by atoms with Crippen molar-refractivity contribution in [3.8, 4) is 0 Å². The van der Waals surface area contributed by atoms with E-state index in [1.807, 2.05) is 0 Å². The molecule has 0 aliphatic rings. The lowest BCUT2D eigenvalue weighted by Crippen LogP contribution is -2.45. The van der Waals surface area contributed by atoms with Gasteiger partial charge in [-0.25, -0.2) is 0 Å². The van der Waals surface area contributed by atoms with Gasteiger partial charge >= 0.3 is 0 Å². The molecule has 0 bridgehead atoms. The third-order valence-corrected chi connectivity index (χ3v) is 16.3. The number of allylic oxidation sites excluding steroid dienone is 2. The minimum absolute atomic E-state index is 0.00834. The van der Waals surface area contributed by atoms with Crippen LogP contribution in [0.15, 0.2) is 12.2 Å². The highest BCUT2D eigenvalue weighted by molar-refractivity contribution is 6.75. The number of carbonyl (C=O) groups is 1. The monoisotopic (exact) mass is 484 g/mol. The van der Waals surface area contributed by atoms with Crippen LogP contribution < -0.4 is 0 Å². The van der Waals surface area contributed by atoms with E-state index in [0.717, 1.165) is 25.9 Å². The van der Waals surface area contributed by atoms with E-state index in [9.17, 15) is 4.79 Å². The topological polar surface area (TPSA) is 35.5 Å². The Labute approximate surface area is 203 Å². The molecule has 3 nitrogen and oxygen atoms in total. The van der Waals surface area contributed by atoms with Crippen molar-refractivity contribution in [1.29, 1.82) is 0 Å². The minimum atomic E-state index is -2.15. The van der Waals surface area contributed by atoms with E-state index in [0.29, 0.717) is 11.8 Å². The van der Waals surface area contributed by atoms with Crippen LogP contribution in [0.2, 0.25) is 36.3 Å². The first kappa shape index (κ1) is 31.6. The van der Waals surface area contributed by atoms with Crippen LogP contribution >= 0.6 is 0 Å². The molecule has 190 valence electrons. The number of rotatable bonds is 12. The van der Waals surface area contributed by atoms with E-state index in [2.05, 4.69) is 108 Å². The molecule has 0 aliphatic carbocycles. The average Bonchev–Trinajstić information content (AvgIpc) is 2.56. The van der Waals surface area contributed by atoms with E-state index < -0.39 is 16.6 Å². The molecular weight excluding hydrogens is 428 g/mol. The van der Waals surface area contributed by atoms with Crippen molar-refractivity contribution < 1.29 is 13.6 Å². The van der Waals surface area contributed by atoms with Crippen LogP contribution in [0.4, 0.5) is 0 Å². The van der Waals surface area contributed by atoms with Gasteiger partial charge in [0.25, 0.3) is 14.3 Å². The van der Waals surface area contributed by atoms with Gasteiger partial charge in [-0.3, -0.25) is 4.79 Å². The second kappa shape index (κ2) is 12.3. The van der Waals surface area contributed by atoms with Crippen LogP contribution in [0.5, 0.6) is 0 Å². The van der Waals surface area contributed by atoms with E-state index in [1.54, 1.807) is 0 Å². The van der Waals surface area contributed by atoms with Crippen LogP contribution in [-0.4, -0.2) is 29.2 Å². The normalized spacial score (nSPS) is 16.1.